The quantitative estimate of drug-likeness (QED) is 0.290. The number of carbonyl (C=O) groups excluding carboxylic acids is 1. The van der Waals surface area contributed by atoms with E-state index in [1.165, 1.54) is 29.1 Å². The zero-order valence-electron chi connectivity index (χ0n) is 15.5. The summed E-state index contributed by atoms with van der Waals surface area (Å²) >= 11 is 12.6. The maximum atomic E-state index is 13.9. The average Bonchev–Trinajstić information content (AvgIpc) is 2.88. The highest BCUT2D eigenvalue weighted by molar-refractivity contribution is 8.24. The van der Waals surface area contributed by atoms with Crippen LogP contribution in [0.15, 0.2) is 53.6 Å². The fourth-order valence-corrected chi connectivity index (χ4v) is 4.77. The van der Waals surface area contributed by atoms with Crippen molar-refractivity contribution < 1.29 is 14.4 Å². The molecule has 0 radical (unpaired) electrons. The number of hydrazone groups is 1. The summed E-state index contributed by atoms with van der Waals surface area (Å²) in [7, 11) is 0. The number of amides is 2. The van der Waals surface area contributed by atoms with E-state index in [-0.39, 0.29) is 5.56 Å². The van der Waals surface area contributed by atoms with Crippen LogP contribution in [0.5, 0.6) is 0 Å². The van der Waals surface area contributed by atoms with Gasteiger partial charge < -0.3 is 5.32 Å². The number of hydrogen-bond acceptors (Lipinski definition) is 5. The molecule has 2 aromatic carbocycles. The third-order valence-corrected chi connectivity index (χ3v) is 5.90. The predicted molar refractivity (Wildman–Crippen MR) is 118 cm³/mol. The molecular weight excluding hydrogens is 435 g/mol. The molecule has 1 fully saturated rings. The Morgan fingerprint density at radius 1 is 1.38 bits per heavy atom. The standard InChI is InChI=1S/C19H18ClFN4O2S2/c1-19(2)16(25(27)17(26)23-14-8-5-7-13(20)10-14)24(18(28)29-19)22-11-12-6-3-4-9-15(12)21/h3-11,16,27H,1-2H3,(H,23,26)/b22-11-/t16-/m1/s1. The van der Waals surface area contributed by atoms with E-state index in [0.29, 0.717) is 20.1 Å². The van der Waals surface area contributed by atoms with Crippen LogP contribution in [0.3, 0.4) is 0 Å². The molecule has 1 aliphatic heterocycles. The highest BCUT2D eigenvalue weighted by Crippen LogP contribution is 2.42. The summed E-state index contributed by atoms with van der Waals surface area (Å²) < 4.78 is 13.6. The van der Waals surface area contributed by atoms with Gasteiger partial charge in [-0.1, -0.05) is 59.8 Å². The van der Waals surface area contributed by atoms with Crippen molar-refractivity contribution in [2.24, 2.45) is 5.10 Å². The van der Waals surface area contributed by atoms with Crippen LogP contribution in [0.2, 0.25) is 5.02 Å². The Labute approximate surface area is 182 Å². The molecule has 2 amide bonds. The van der Waals surface area contributed by atoms with Crippen LogP contribution >= 0.6 is 35.6 Å². The predicted octanol–water partition coefficient (Wildman–Crippen LogP) is 5.17. The molecule has 29 heavy (non-hydrogen) atoms. The number of hydrogen-bond donors (Lipinski definition) is 2. The second-order valence-electron chi connectivity index (χ2n) is 6.74. The normalized spacial score (nSPS) is 18.3. The summed E-state index contributed by atoms with van der Waals surface area (Å²) in [6, 6.07) is 11.9. The molecule has 0 aromatic heterocycles. The molecule has 10 heteroatoms. The molecule has 1 heterocycles. The summed E-state index contributed by atoms with van der Waals surface area (Å²) in [5.74, 6) is -0.440. The zero-order chi connectivity index (χ0) is 21.2. The van der Waals surface area contributed by atoms with Gasteiger partial charge in [0.1, 0.15) is 5.82 Å². The number of thiocarbonyl (C=S) groups is 1. The van der Waals surface area contributed by atoms with Crippen molar-refractivity contribution in [2.75, 3.05) is 5.32 Å². The van der Waals surface area contributed by atoms with Crippen molar-refractivity contribution in [3.8, 4) is 0 Å². The maximum absolute atomic E-state index is 13.9. The molecule has 0 saturated carbocycles. The lowest BCUT2D eigenvalue weighted by atomic mass is 10.1. The van der Waals surface area contributed by atoms with Crippen LogP contribution in [0.25, 0.3) is 0 Å². The molecule has 3 rings (SSSR count). The lowest BCUT2D eigenvalue weighted by Crippen LogP contribution is -2.54. The van der Waals surface area contributed by atoms with Crippen molar-refractivity contribution in [3.63, 3.8) is 0 Å². The SMILES string of the molecule is CC1(C)SC(=S)N(/N=C\c2ccccc2F)[C@@H]1N(O)C(=O)Nc1cccc(Cl)c1. The van der Waals surface area contributed by atoms with Gasteiger partial charge in [0, 0.05) is 16.3 Å². The van der Waals surface area contributed by atoms with E-state index < -0.39 is 22.8 Å². The molecule has 0 spiro atoms. The second kappa shape index (κ2) is 8.66. The van der Waals surface area contributed by atoms with Gasteiger partial charge in [0.15, 0.2) is 10.5 Å². The number of hydroxylamine groups is 2. The Balaban J connectivity index is 1.84. The minimum absolute atomic E-state index is 0.261. The van der Waals surface area contributed by atoms with Crippen molar-refractivity contribution in [1.82, 2.24) is 10.1 Å². The van der Waals surface area contributed by atoms with Crippen LogP contribution in [0.4, 0.5) is 14.9 Å². The minimum Gasteiger partial charge on any atom is -0.306 e. The molecule has 0 unspecified atom stereocenters. The van der Waals surface area contributed by atoms with Crippen LogP contribution in [0, 0.1) is 5.82 Å². The van der Waals surface area contributed by atoms with Crippen LogP contribution in [0.1, 0.15) is 19.4 Å². The summed E-state index contributed by atoms with van der Waals surface area (Å²) in [4.78, 5) is 12.6. The van der Waals surface area contributed by atoms with Crippen LogP contribution in [-0.2, 0) is 0 Å². The lowest BCUT2D eigenvalue weighted by Gasteiger charge is -2.34. The lowest BCUT2D eigenvalue weighted by molar-refractivity contribution is -0.114. The molecular formula is C19H18ClFN4O2S2. The van der Waals surface area contributed by atoms with E-state index in [1.807, 2.05) is 13.8 Å². The van der Waals surface area contributed by atoms with Crippen molar-refractivity contribution in [1.29, 1.82) is 0 Å². The molecule has 2 N–H and O–H groups in total. The summed E-state index contributed by atoms with van der Waals surface area (Å²) in [6.45, 7) is 3.65. The molecule has 1 aliphatic rings. The summed E-state index contributed by atoms with van der Waals surface area (Å²) in [6.07, 6.45) is 0.390. The Kier molecular flexibility index (Phi) is 6.42. The number of halogens is 2. The van der Waals surface area contributed by atoms with Gasteiger partial charge in [0.2, 0.25) is 0 Å². The van der Waals surface area contributed by atoms with E-state index >= 15 is 0 Å². The van der Waals surface area contributed by atoms with Gasteiger partial charge in [-0.05, 0) is 38.1 Å². The average molecular weight is 453 g/mol. The van der Waals surface area contributed by atoms with Gasteiger partial charge in [-0.2, -0.15) is 10.2 Å². The number of nitrogens with one attached hydrogen (secondary N) is 1. The number of benzene rings is 2. The smallest absolute Gasteiger partial charge is 0.306 e. The Morgan fingerprint density at radius 3 is 2.79 bits per heavy atom. The highest BCUT2D eigenvalue weighted by atomic mass is 35.5. The number of thioether (sulfide) groups is 1. The number of carbonyl (C=O) groups is 1. The second-order valence-corrected chi connectivity index (χ2v) is 9.47. The number of urea groups is 1. The Bertz CT molecular complexity index is 973. The Hall–Kier alpha value is -2.20. The first-order valence-corrected chi connectivity index (χ1v) is 10.1. The first kappa shape index (κ1) is 21.5. The molecule has 6 nitrogen and oxygen atoms in total. The molecule has 152 valence electrons. The first-order valence-electron chi connectivity index (χ1n) is 8.54. The third kappa shape index (κ3) is 4.87. The first-order chi connectivity index (χ1) is 13.7. The number of rotatable bonds is 4. The maximum Gasteiger partial charge on any atom is 0.347 e. The van der Waals surface area contributed by atoms with Crippen molar-refractivity contribution >= 4 is 57.8 Å². The van der Waals surface area contributed by atoms with Gasteiger partial charge in [0.25, 0.3) is 0 Å². The van der Waals surface area contributed by atoms with E-state index in [4.69, 9.17) is 23.8 Å². The van der Waals surface area contributed by atoms with E-state index in [0.717, 1.165) is 0 Å². The van der Waals surface area contributed by atoms with Gasteiger partial charge in [-0.15, -0.1) is 0 Å². The fourth-order valence-electron chi connectivity index (χ4n) is 2.79. The highest BCUT2D eigenvalue weighted by Gasteiger charge is 2.50. The van der Waals surface area contributed by atoms with Crippen LogP contribution < -0.4 is 5.32 Å². The number of anilines is 1. The molecule has 0 aliphatic carbocycles. The van der Waals surface area contributed by atoms with Gasteiger partial charge in [-0.25, -0.2) is 14.2 Å². The Morgan fingerprint density at radius 2 is 2.10 bits per heavy atom. The zero-order valence-corrected chi connectivity index (χ0v) is 17.9. The molecule has 2 aromatic rings. The van der Waals surface area contributed by atoms with Crippen molar-refractivity contribution in [2.45, 2.75) is 24.8 Å². The van der Waals surface area contributed by atoms with Crippen LogP contribution in [-0.4, -0.2) is 42.8 Å². The van der Waals surface area contributed by atoms with Gasteiger partial charge in [0.05, 0.1) is 11.0 Å². The largest absolute Gasteiger partial charge is 0.347 e. The topological polar surface area (TPSA) is 68.2 Å². The van der Waals surface area contributed by atoms with Gasteiger partial charge >= 0.3 is 6.03 Å². The van der Waals surface area contributed by atoms with E-state index in [9.17, 15) is 14.4 Å². The molecule has 1 atom stereocenters. The summed E-state index contributed by atoms with van der Waals surface area (Å²) in [5, 5.41) is 19.8. The van der Waals surface area contributed by atoms with Gasteiger partial charge in [-0.3, -0.25) is 5.21 Å². The molecule has 1 saturated heterocycles. The fraction of sp³-hybridized carbons (Fsp3) is 0.211. The minimum atomic E-state index is -0.915. The van der Waals surface area contributed by atoms with E-state index in [1.54, 1.807) is 42.5 Å². The monoisotopic (exact) mass is 452 g/mol. The van der Waals surface area contributed by atoms with E-state index in [2.05, 4.69) is 10.4 Å². The summed E-state index contributed by atoms with van der Waals surface area (Å²) in [5.41, 5.74) is 0.686. The molecule has 0 bridgehead atoms. The number of nitrogens with zero attached hydrogens (tertiary/aromatic N) is 3. The third-order valence-electron chi connectivity index (χ3n) is 4.13. The van der Waals surface area contributed by atoms with Crippen molar-refractivity contribution in [3.05, 3.63) is 64.9 Å².